The molecule has 1 N–H and O–H groups in total. The van der Waals surface area contributed by atoms with E-state index in [9.17, 15) is 9.59 Å². The van der Waals surface area contributed by atoms with Crippen molar-refractivity contribution in [3.63, 3.8) is 0 Å². The van der Waals surface area contributed by atoms with Crippen molar-refractivity contribution in [2.75, 3.05) is 18.5 Å². The van der Waals surface area contributed by atoms with Crippen LogP contribution < -0.4 is 20.3 Å². The van der Waals surface area contributed by atoms with E-state index in [0.29, 0.717) is 53.0 Å². The van der Waals surface area contributed by atoms with E-state index in [1.165, 1.54) is 4.57 Å². The molecule has 1 fully saturated rings. The first-order valence-electron chi connectivity index (χ1n) is 10.2. The molecule has 156 valence electrons. The minimum atomic E-state index is -0.324. The van der Waals surface area contributed by atoms with Gasteiger partial charge in [0.2, 0.25) is 5.91 Å². The molecule has 9 nitrogen and oxygen atoms in total. The molecule has 2 aliphatic rings. The lowest BCUT2D eigenvalue weighted by Crippen LogP contribution is -2.29. The van der Waals surface area contributed by atoms with Gasteiger partial charge in [-0.05, 0) is 43.2 Å². The third-order valence-corrected chi connectivity index (χ3v) is 5.57. The molecule has 1 aliphatic heterocycles. The highest BCUT2D eigenvalue weighted by Crippen LogP contribution is 2.39. The number of hydrogen-bond donors (Lipinski definition) is 1. The zero-order valence-electron chi connectivity index (χ0n) is 16.6. The number of carbonyl (C=O) groups is 1. The Morgan fingerprint density at radius 3 is 2.77 bits per heavy atom. The number of amides is 1. The van der Waals surface area contributed by atoms with Crippen LogP contribution in [0.2, 0.25) is 0 Å². The van der Waals surface area contributed by atoms with Crippen molar-refractivity contribution in [3.05, 3.63) is 58.6 Å². The van der Waals surface area contributed by atoms with Crippen molar-refractivity contribution in [1.82, 2.24) is 19.2 Å². The Kier molecular flexibility index (Phi) is 3.95. The molecule has 0 saturated heterocycles. The molecule has 6 rings (SSSR count). The van der Waals surface area contributed by atoms with Crippen LogP contribution in [0.4, 0.5) is 5.69 Å². The van der Waals surface area contributed by atoms with Crippen LogP contribution in [0.3, 0.4) is 0 Å². The summed E-state index contributed by atoms with van der Waals surface area (Å²) in [6.07, 6.45) is 3.83. The number of fused-ring (bicyclic) bond motifs is 4. The van der Waals surface area contributed by atoms with Gasteiger partial charge in [0.1, 0.15) is 25.3 Å². The van der Waals surface area contributed by atoms with Crippen molar-refractivity contribution in [2.24, 2.45) is 0 Å². The average molecular weight is 417 g/mol. The Hall–Kier alpha value is -3.88. The molecular formula is C22H19N5O4. The summed E-state index contributed by atoms with van der Waals surface area (Å²) in [4.78, 5) is 30.5. The number of carbonyl (C=O) groups excluding carboxylic acids is 1. The monoisotopic (exact) mass is 417 g/mol. The van der Waals surface area contributed by atoms with Crippen LogP contribution in [-0.2, 0) is 11.3 Å². The summed E-state index contributed by atoms with van der Waals surface area (Å²) < 4.78 is 14.1. The number of pyridine rings is 1. The first-order chi connectivity index (χ1) is 15.2. The van der Waals surface area contributed by atoms with Crippen molar-refractivity contribution < 1.29 is 14.3 Å². The van der Waals surface area contributed by atoms with Crippen LogP contribution in [0.5, 0.6) is 11.5 Å². The summed E-state index contributed by atoms with van der Waals surface area (Å²) >= 11 is 0. The maximum Gasteiger partial charge on any atom is 0.277 e. The fraction of sp³-hybridized carbons (Fsp3) is 0.273. The second-order valence-electron chi connectivity index (χ2n) is 7.78. The average Bonchev–Trinajstić information content (AvgIpc) is 3.54. The van der Waals surface area contributed by atoms with Gasteiger partial charge in [-0.3, -0.25) is 14.2 Å². The molecule has 0 unspecified atom stereocenters. The van der Waals surface area contributed by atoms with Gasteiger partial charge in [0.25, 0.3) is 5.56 Å². The quantitative estimate of drug-likeness (QED) is 0.547. The topological polar surface area (TPSA) is 99.8 Å². The number of ether oxygens (including phenoxy) is 2. The Balaban J connectivity index is 1.36. The highest BCUT2D eigenvalue weighted by Gasteiger charge is 2.28. The molecular weight excluding hydrogens is 398 g/mol. The maximum atomic E-state index is 13.2. The molecule has 4 heterocycles. The van der Waals surface area contributed by atoms with Gasteiger partial charge in [-0.2, -0.15) is 5.10 Å². The molecule has 3 aromatic heterocycles. The van der Waals surface area contributed by atoms with Crippen LogP contribution in [0, 0.1) is 0 Å². The predicted molar refractivity (Wildman–Crippen MR) is 113 cm³/mol. The lowest BCUT2D eigenvalue weighted by atomic mass is 10.2. The Bertz CT molecular complexity index is 1400. The largest absolute Gasteiger partial charge is 0.486 e. The summed E-state index contributed by atoms with van der Waals surface area (Å²) in [6.45, 7) is 0.825. The Morgan fingerprint density at radius 1 is 1.10 bits per heavy atom. The van der Waals surface area contributed by atoms with Crippen molar-refractivity contribution in [3.8, 4) is 11.5 Å². The molecule has 0 bridgehead atoms. The van der Waals surface area contributed by atoms with Crippen molar-refractivity contribution >= 4 is 28.3 Å². The van der Waals surface area contributed by atoms with Gasteiger partial charge in [-0.15, -0.1) is 0 Å². The number of aromatic nitrogens is 4. The zero-order valence-corrected chi connectivity index (χ0v) is 16.6. The molecule has 0 atom stereocenters. The smallest absolute Gasteiger partial charge is 0.277 e. The third-order valence-electron chi connectivity index (χ3n) is 5.57. The summed E-state index contributed by atoms with van der Waals surface area (Å²) in [6, 6.07) is 10.6. The second kappa shape index (κ2) is 6.83. The van der Waals surface area contributed by atoms with Gasteiger partial charge in [0.15, 0.2) is 17.1 Å². The summed E-state index contributed by atoms with van der Waals surface area (Å²) in [5, 5.41) is 7.44. The van der Waals surface area contributed by atoms with Gasteiger partial charge in [0, 0.05) is 23.9 Å². The number of nitrogens with one attached hydrogen (secondary N) is 1. The lowest BCUT2D eigenvalue weighted by Gasteiger charge is -2.19. The molecule has 1 aromatic carbocycles. The van der Waals surface area contributed by atoms with Crippen LogP contribution >= 0.6 is 0 Å². The summed E-state index contributed by atoms with van der Waals surface area (Å²) in [7, 11) is 0. The maximum absolute atomic E-state index is 13.2. The van der Waals surface area contributed by atoms with E-state index in [1.807, 2.05) is 6.07 Å². The summed E-state index contributed by atoms with van der Waals surface area (Å²) in [5.74, 6) is 1.32. The lowest BCUT2D eigenvalue weighted by molar-refractivity contribution is -0.116. The van der Waals surface area contributed by atoms with Crippen LogP contribution in [0.1, 0.15) is 24.5 Å². The normalized spacial score (nSPS) is 15.4. The molecule has 1 aliphatic carbocycles. The highest BCUT2D eigenvalue weighted by atomic mass is 16.6. The first-order valence-corrected chi connectivity index (χ1v) is 10.2. The van der Waals surface area contributed by atoms with E-state index in [4.69, 9.17) is 9.47 Å². The fourth-order valence-electron chi connectivity index (χ4n) is 3.92. The number of rotatable bonds is 4. The molecule has 9 heteroatoms. The van der Waals surface area contributed by atoms with E-state index in [2.05, 4.69) is 15.4 Å². The van der Waals surface area contributed by atoms with Gasteiger partial charge in [-0.1, -0.05) is 0 Å². The number of anilines is 1. The van der Waals surface area contributed by atoms with Crippen molar-refractivity contribution in [2.45, 2.75) is 25.3 Å². The van der Waals surface area contributed by atoms with Crippen LogP contribution in [0.15, 0.2) is 47.4 Å². The first kappa shape index (κ1) is 17.9. The standard InChI is InChI=1S/C22H19N5O4/c28-20(24-14-5-6-18-19(10-14)31-9-8-30-18)12-26-16-2-1-7-23-21(16)27-17(22(26)29)11-15(25-27)13-3-4-13/h1-2,5-7,10-11,13H,3-4,8-9,12H2,(H,24,28). The van der Waals surface area contributed by atoms with E-state index in [1.54, 1.807) is 41.0 Å². The number of hydrogen-bond acceptors (Lipinski definition) is 6. The van der Waals surface area contributed by atoms with E-state index < -0.39 is 0 Å². The Morgan fingerprint density at radius 2 is 1.94 bits per heavy atom. The highest BCUT2D eigenvalue weighted by molar-refractivity contribution is 5.92. The van der Waals surface area contributed by atoms with Gasteiger partial charge >= 0.3 is 0 Å². The molecule has 1 saturated carbocycles. The number of benzene rings is 1. The molecule has 1 amide bonds. The SMILES string of the molecule is O=C(Cn1c(=O)c2cc(C3CC3)nn2c2ncccc21)Nc1ccc2c(c1)OCCO2. The van der Waals surface area contributed by atoms with E-state index in [-0.39, 0.29) is 18.0 Å². The van der Waals surface area contributed by atoms with Crippen LogP contribution in [-0.4, -0.2) is 38.3 Å². The minimum Gasteiger partial charge on any atom is -0.486 e. The van der Waals surface area contributed by atoms with Gasteiger partial charge in [-0.25, -0.2) is 9.50 Å². The van der Waals surface area contributed by atoms with Crippen molar-refractivity contribution in [1.29, 1.82) is 0 Å². The van der Waals surface area contributed by atoms with E-state index >= 15 is 0 Å². The zero-order chi connectivity index (χ0) is 20.9. The molecule has 0 spiro atoms. The molecule has 4 aromatic rings. The molecule has 31 heavy (non-hydrogen) atoms. The second-order valence-corrected chi connectivity index (χ2v) is 7.78. The number of nitrogens with zero attached hydrogens (tertiary/aromatic N) is 4. The fourth-order valence-corrected chi connectivity index (χ4v) is 3.92. The van der Waals surface area contributed by atoms with Gasteiger partial charge in [0.05, 0.1) is 11.2 Å². The van der Waals surface area contributed by atoms with Gasteiger partial charge < -0.3 is 14.8 Å². The Labute approximate surface area is 176 Å². The van der Waals surface area contributed by atoms with Crippen LogP contribution in [0.25, 0.3) is 16.7 Å². The third kappa shape index (κ3) is 3.09. The molecule has 0 radical (unpaired) electrons. The predicted octanol–water partition coefficient (Wildman–Crippen LogP) is 2.33. The summed E-state index contributed by atoms with van der Waals surface area (Å²) in [5.41, 5.74) is 2.75. The minimum absolute atomic E-state index is 0.143. The van der Waals surface area contributed by atoms with E-state index in [0.717, 1.165) is 18.5 Å².